The molecular weight excluding hydrogens is 917 g/mol. The lowest BCUT2D eigenvalue weighted by atomic mass is 9.71. The smallest absolute Gasteiger partial charge is 0.307 e. The second-order valence-corrected chi connectivity index (χ2v) is 21.8. The van der Waals surface area contributed by atoms with Crippen LogP contribution in [0.3, 0.4) is 0 Å². The number of allylic oxidation sites excluding steroid dienone is 19. The zero-order chi connectivity index (χ0) is 54.1. The number of rotatable bonds is 21. The molecule has 0 amide bonds. The monoisotopic (exact) mass is 1000 g/mol. The normalized spacial score (nSPS) is 21.6. The number of Topliss-reactive ketones (excluding diaryl/α,β-unsaturated/α-hetero) is 2. The summed E-state index contributed by atoms with van der Waals surface area (Å²) in [5.74, 6) is -1.32. The van der Waals surface area contributed by atoms with Gasteiger partial charge in [-0.05, 0) is 119 Å². The Bertz CT molecular complexity index is 2270. The second-order valence-electron chi connectivity index (χ2n) is 21.8. The van der Waals surface area contributed by atoms with Crippen LogP contribution in [-0.4, -0.2) is 60.9 Å². The van der Waals surface area contributed by atoms with E-state index in [0.29, 0.717) is 49.0 Å². The molecule has 0 saturated heterocycles. The van der Waals surface area contributed by atoms with Crippen molar-refractivity contribution in [2.24, 2.45) is 22.7 Å². The zero-order valence-corrected chi connectivity index (χ0v) is 46.3. The topological polar surface area (TPSA) is 139 Å². The quantitative estimate of drug-likeness (QED) is 0.0620. The van der Waals surface area contributed by atoms with Gasteiger partial charge < -0.3 is 18.9 Å². The van der Waals surface area contributed by atoms with Crippen molar-refractivity contribution in [2.75, 3.05) is 13.2 Å². The average Bonchev–Trinajstić information content (AvgIpc) is 3.34. The molecule has 4 aliphatic rings. The molecule has 0 bridgehead atoms. The van der Waals surface area contributed by atoms with Gasteiger partial charge in [0.15, 0.2) is 23.8 Å². The molecule has 10 heteroatoms. The van der Waals surface area contributed by atoms with Crippen LogP contribution in [0, 0.1) is 22.7 Å². The molecule has 4 rings (SSSR count). The Kier molecular flexibility index (Phi) is 26.3. The minimum absolute atomic E-state index is 0.0237. The number of esters is 4. The van der Waals surface area contributed by atoms with Crippen LogP contribution in [-0.2, 0) is 47.7 Å². The third-order valence-corrected chi connectivity index (χ3v) is 14.0. The van der Waals surface area contributed by atoms with Crippen molar-refractivity contribution in [3.8, 4) is 0 Å². The van der Waals surface area contributed by atoms with Crippen LogP contribution in [0.5, 0.6) is 0 Å². The molecule has 10 nitrogen and oxygen atoms in total. The zero-order valence-electron chi connectivity index (χ0n) is 46.3. The van der Waals surface area contributed by atoms with E-state index in [1.165, 1.54) is 38.5 Å². The van der Waals surface area contributed by atoms with Crippen molar-refractivity contribution < 1.29 is 47.7 Å². The van der Waals surface area contributed by atoms with Gasteiger partial charge in [-0.1, -0.05) is 174 Å². The van der Waals surface area contributed by atoms with Gasteiger partial charge in [0.25, 0.3) is 0 Å². The third kappa shape index (κ3) is 22.6. The van der Waals surface area contributed by atoms with E-state index in [9.17, 15) is 28.8 Å². The maximum atomic E-state index is 13.1. The number of hydrogen-bond donors (Lipinski definition) is 0. The molecule has 0 aliphatic heterocycles. The molecule has 0 aromatic heterocycles. The highest BCUT2D eigenvalue weighted by molar-refractivity contribution is 6.02. The molecule has 2 unspecified atom stereocenters. The summed E-state index contributed by atoms with van der Waals surface area (Å²) in [5, 5.41) is 0. The standard InChI is InChI=1S/C33H46O5.C30H42O5/c1-7-8-13-24(2)14-12-15-25(3)18-19-28-26(4)32(36)29(22-33(28,5)6)38-31(35)21-20-30(34)37-23-27-16-10-9-11-17-27;1-21(2)11-10-12-22(3)15-16-25-23(4)29(33)26(19-30(25,5)6)35-28(32)18-17-27(31)34-20-24-13-8-7-9-14-24/h7-8,12-15,18-19,27,29H,9-11,16-17,20-23H2,1-6H3;10-12,15-16,24,26H,1,7-9,13-14,17-20H2,2-6H3/b8-7+,14-12+,19-18+,24-13+,25-15+;11-10+,16-15+,22-12+. The third-order valence-electron chi connectivity index (χ3n) is 14.0. The first-order valence-corrected chi connectivity index (χ1v) is 26.8. The largest absolute Gasteiger partial charge is 0.465 e. The molecule has 400 valence electrons. The van der Waals surface area contributed by atoms with Crippen LogP contribution in [0.25, 0.3) is 0 Å². The minimum Gasteiger partial charge on any atom is -0.465 e. The highest BCUT2D eigenvalue weighted by Crippen LogP contribution is 2.42. The predicted octanol–water partition coefficient (Wildman–Crippen LogP) is 14.5. The minimum atomic E-state index is -0.834. The van der Waals surface area contributed by atoms with Gasteiger partial charge in [0.2, 0.25) is 0 Å². The summed E-state index contributed by atoms with van der Waals surface area (Å²) in [7, 11) is 0. The molecule has 0 N–H and O–H groups in total. The molecule has 4 aliphatic carbocycles. The van der Waals surface area contributed by atoms with Crippen LogP contribution in [0.2, 0.25) is 0 Å². The lowest BCUT2D eigenvalue weighted by molar-refractivity contribution is -0.158. The number of carbonyl (C=O) groups is 6. The molecule has 2 saturated carbocycles. The first-order valence-electron chi connectivity index (χ1n) is 26.8. The Morgan fingerprint density at radius 1 is 0.534 bits per heavy atom. The summed E-state index contributed by atoms with van der Waals surface area (Å²) in [5.41, 5.74) is 6.66. The Morgan fingerprint density at radius 3 is 1.27 bits per heavy atom. The fourth-order valence-electron chi connectivity index (χ4n) is 9.66. The summed E-state index contributed by atoms with van der Waals surface area (Å²) in [6.45, 7) is 26.5. The van der Waals surface area contributed by atoms with Crippen molar-refractivity contribution in [3.05, 3.63) is 130 Å². The molecule has 2 fully saturated rings. The van der Waals surface area contributed by atoms with E-state index in [4.69, 9.17) is 18.9 Å². The Labute approximate surface area is 438 Å². The maximum Gasteiger partial charge on any atom is 0.307 e. The van der Waals surface area contributed by atoms with Gasteiger partial charge in [-0.2, -0.15) is 0 Å². The average molecular weight is 1010 g/mol. The maximum absolute atomic E-state index is 13.1. The lowest BCUT2D eigenvalue weighted by Gasteiger charge is -2.36. The first kappa shape index (κ1) is 61.7. The number of ether oxygens (including phenoxy) is 4. The van der Waals surface area contributed by atoms with E-state index in [0.717, 1.165) is 59.1 Å². The number of hydrogen-bond acceptors (Lipinski definition) is 10. The Balaban J connectivity index is 0.000000387. The fourth-order valence-corrected chi connectivity index (χ4v) is 9.66. The van der Waals surface area contributed by atoms with Crippen molar-refractivity contribution in [3.63, 3.8) is 0 Å². The van der Waals surface area contributed by atoms with E-state index < -0.39 is 24.1 Å². The van der Waals surface area contributed by atoms with Crippen molar-refractivity contribution in [2.45, 2.75) is 191 Å². The molecule has 0 radical (unpaired) electrons. The van der Waals surface area contributed by atoms with Crippen molar-refractivity contribution >= 4 is 35.4 Å². The van der Waals surface area contributed by atoms with E-state index >= 15 is 0 Å². The van der Waals surface area contributed by atoms with Gasteiger partial charge in [-0.3, -0.25) is 28.8 Å². The highest BCUT2D eigenvalue weighted by atomic mass is 16.6. The van der Waals surface area contributed by atoms with Gasteiger partial charge in [0.1, 0.15) is 0 Å². The van der Waals surface area contributed by atoms with Crippen LogP contribution >= 0.6 is 0 Å². The Hall–Kier alpha value is -5.64. The van der Waals surface area contributed by atoms with E-state index in [2.05, 4.69) is 20.4 Å². The summed E-state index contributed by atoms with van der Waals surface area (Å²) in [6.07, 6.45) is 36.6. The number of ketones is 2. The predicted molar refractivity (Wildman–Crippen MR) is 293 cm³/mol. The SMILES string of the molecule is C/C=C/C=C(C)/C=C/C=C(C)/C=C/C1=C(C)C(=O)C(OC(=O)CCC(=O)OCC2CCCCC2)CC1(C)C.C=C(C)/C=C/C=C(C)/C=C/C1=C(C)C(=O)C(OC(=O)CCC(=O)OCC2CCCCC2)CC1(C)C. The van der Waals surface area contributed by atoms with Crippen molar-refractivity contribution in [1.82, 2.24) is 0 Å². The van der Waals surface area contributed by atoms with Gasteiger partial charge in [0, 0.05) is 12.8 Å². The summed E-state index contributed by atoms with van der Waals surface area (Å²) in [4.78, 5) is 75.0. The number of carbonyl (C=O) groups excluding carboxylic acids is 6. The fraction of sp³-hybridized carbons (Fsp3) is 0.556. The summed E-state index contributed by atoms with van der Waals surface area (Å²) >= 11 is 0. The molecular formula is C63H88O10. The van der Waals surface area contributed by atoms with Gasteiger partial charge in [-0.25, -0.2) is 0 Å². The van der Waals surface area contributed by atoms with E-state index in [1.54, 1.807) is 13.8 Å². The molecule has 0 aromatic carbocycles. The summed E-state index contributed by atoms with van der Waals surface area (Å²) < 4.78 is 21.8. The van der Waals surface area contributed by atoms with Gasteiger partial charge in [0.05, 0.1) is 38.9 Å². The van der Waals surface area contributed by atoms with Crippen LogP contribution < -0.4 is 0 Å². The van der Waals surface area contributed by atoms with Crippen LogP contribution in [0.1, 0.15) is 179 Å². The molecule has 2 atom stereocenters. The second kappa shape index (κ2) is 31.2. The molecule has 73 heavy (non-hydrogen) atoms. The summed E-state index contributed by atoms with van der Waals surface area (Å²) in [6, 6.07) is 0. The van der Waals surface area contributed by atoms with Gasteiger partial charge in [-0.15, -0.1) is 0 Å². The molecule has 0 heterocycles. The van der Waals surface area contributed by atoms with E-state index in [1.807, 2.05) is 127 Å². The highest BCUT2D eigenvalue weighted by Gasteiger charge is 2.41. The molecule has 0 aromatic rings. The van der Waals surface area contributed by atoms with Crippen LogP contribution in [0.15, 0.2) is 130 Å². The van der Waals surface area contributed by atoms with Crippen LogP contribution in [0.4, 0.5) is 0 Å². The van der Waals surface area contributed by atoms with Crippen molar-refractivity contribution in [1.29, 1.82) is 0 Å². The lowest BCUT2D eigenvalue weighted by Crippen LogP contribution is -2.39. The van der Waals surface area contributed by atoms with Gasteiger partial charge >= 0.3 is 23.9 Å². The Morgan fingerprint density at radius 2 is 0.890 bits per heavy atom. The first-order chi connectivity index (χ1) is 34.5. The van der Waals surface area contributed by atoms with E-state index in [-0.39, 0.29) is 60.0 Å². The molecule has 0 spiro atoms.